The number of carbonyl (C=O) groups is 7. The Morgan fingerprint density at radius 3 is 1.67 bits per heavy atom. The summed E-state index contributed by atoms with van der Waals surface area (Å²) < 4.78 is 4.99. The molecule has 0 unspecified atom stereocenters. The Bertz CT molecular complexity index is 1540. The van der Waals surface area contributed by atoms with Gasteiger partial charge in [-0.25, -0.2) is 4.79 Å². The minimum atomic E-state index is -1.15. The second-order valence-corrected chi connectivity index (χ2v) is 12.2. The van der Waals surface area contributed by atoms with Gasteiger partial charge < -0.3 is 68.2 Å². The number of aliphatic carboxylic acids is 6. The summed E-state index contributed by atoms with van der Waals surface area (Å²) in [4.78, 5) is 81.1. The molecule has 0 aliphatic carbocycles. The highest BCUT2D eigenvalue weighted by Crippen LogP contribution is 2.18. The third-order valence-electron chi connectivity index (χ3n) is 6.91. The lowest BCUT2D eigenvalue weighted by Gasteiger charge is -2.07. The fraction of sp³-hybridized carbons (Fsp3) is 0.529. The number of carbonyl (C=O) groups excluding carboxylic acids is 1. The van der Waals surface area contributed by atoms with Crippen molar-refractivity contribution >= 4 is 58.4 Å². The Morgan fingerprint density at radius 2 is 1.35 bits per heavy atom. The van der Waals surface area contributed by atoms with Gasteiger partial charge in [0.15, 0.2) is 0 Å². The van der Waals surface area contributed by atoms with E-state index in [4.69, 9.17) is 46.5 Å². The van der Waals surface area contributed by atoms with Crippen LogP contribution in [-0.4, -0.2) is 117 Å². The summed E-state index contributed by atoms with van der Waals surface area (Å²) in [5.41, 5.74) is 17.1. The van der Waals surface area contributed by atoms with Crippen LogP contribution in [0.1, 0.15) is 64.4 Å². The SMILES string of the molecule is CC(C)C[C@H](N)C(=O)O.Cc1cc(=O)oc2cc(N)ccc12.NCC(=O)O.O=C(O)CCC(=O)NCC(=O)O.O=C(O)[C@@H]1CCCN1.O=C(O)[C@@H]1CCCN1. The number of hydrogen-bond donors (Lipinski definition) is 12. The van der Waals surface area contributed by atoms with Crippen molar-refractivity contribution in [1.29, 1.82) is 0 Å². The van der Waals surface area contributed by atoms with Crippen molar-refractivity contribution in [3.05, 3.63) is 40.2 Å². The first-order chi connectivity index (χ1) is 25.6. The molecule has 21 nitrogen and oxygen atoms in total. The Morgan fingerprint density at radius 1 is 0.836 bits per heavy atom. The molecular weight excluding hydrogens is 732 g/mol. The number of fused-ring (bicyclic) bond motifs is 1. The van der Waals surface area contributed by atoms with E-state index >= 15 is 0 Å². The number of carboxylic acids is 6. The summed E-state index contributed by atoms with van der Waals surface area (Å²) in [5.74, 6) is -5.77. The molecule has 1 amide bonds. The van der Waals surface area contributed by atoms with Gasteiger partial charge >= 0.3 is 41.4 Å². The first-order valence-corrected chi connectivity index (χ1v) is 16.9. The number of amides is 1. The van der Waals surface area contributed by atoms with Crippen molar-refractivity contribution in [2.75, 3.05) is 31.9 Å². The molecule has 3 heterocycles. The van der Waals surface area contributed by atoms with Gasteiger partial charge in [-0.3, -0.25) is 33.6 Å². The largest absolute Gasteiger partial charge is 0.481 e. The van der Waals surface area contributed by atoms with Gasteiger partial charge in [0.2, 0.25) is 5.91 Å². The fourth-order valence-corrected chi connectivity index (χ4v) is 4.22. The lowest BCUT2D eigenvalue weighted by molar-refractivity contribution is -0.140. The van der Waals surface area contributed by atoms with Gasteiger partial charge in [-0.1, -0.05) is 13.8 Å². The van der Waals surface area contributed by atoms with Gasteiger partial charge in [0.05, 0.1) is 13.0 Å². The Kier molecular flexibility index (Phi) is 27.0. The summed E-state index contributed by atoms with van der Waals surface area (Å²) in [6.07, 6.45) is 3.64. The number of nitrogens with one attached hydrogen (secondary N) is 3. The van der Waals surface area contributed by atoms with E-state index in [-0.39, 0.29) is 37.1 Å². The topological polar surface area (TPSA) is 385 Å². The quantitative estimate of drug-likeness (QED) is 0.104. The van der Waals surface area contributed by atoms with Gasteiger partial charge in [0, 0.05) is 29.6 Å². The highest BCUT2D eigenvalue weighted by atomic mass is 16.4. The smallest absolute Gasteiger partial charge is 0.336 e. The van der Waals surface area contributed by atoms with Crippen molar-refractivity contribution < 1.29 is 68.6 Å². The monoisotopic (exact) mass is 786 g/mol. The van der Waals surface area contributed by atoms with Crippen LogP contribution >= 0.6 is 0 Å². The van der Waals surface area contributed by atoms with E-state index in [0.29, 0.717) is 23.6 Å². The second-order valence-electron chi connectivity index (χ2n) is 12.2. The van der Waals surface area contributed by atoms with E-state index in [9.17, 15) is 38.4 Å². The number of carboxylic acid groups (broad SMARTS) is 6. The van der Waals surface area contributed by atoms with Crippen molar-refractivity contribution in [1.82, 2.24) is 16.0 Å². The maximum Gasteiger partial charge on any atom is 0.336 e. The van der Waals surface area contributed by atoms with Gasteiger partial charge in [0.1, 0.15) is 30.3 Å². The van der Waals surface area contributed by atoms with Crippen molar-refractivity contribution in [2.45, 2.75) is 83.8 Å². The molecule has 2 aliphatic rings. The summed E-state index contributed by atoms with van der Waals surface area (Å²) >= 11 is 0. The van der Waals surface area contributed by atoms with Crippen molar-refractivity contribution in [3.8, 4) is 0 Å². The number of rotatable bonds is 11. The van der Waals surface area contributed by atoms with Crippen molar-refractivity contribution in [2.24, 2.45) is 17.4 Å². The van der Waals surface area contributed by atoms with Crippen LogP contribution in [0.5, 0.6) is 0 Å². The lowest BCUT2D eigenvalue weighted by atomic mass is 10.1. The van der Waals surface area contributed by atoms with Crippen LogP contribution in [0.15, 0.2) is 33.5 Å². The van der Waals surface area contributed by atoms with E-state index in [0.717, 1.165) is 49.7 Å². The molecule has 4 rings (SSSR count). The average Bonchev–Trinajstić information content (AvgIpc) is 3.83. The van der Waals surface area contributed by atoms with E-state index in [1.165, 1.54) is 6.07 Å². The molecule has 1 aromatic carbocycles. The minimum absolute atomic E-state index is 0.192. The molecule has 310 valence electrons. The number of benzene rings is 1. The van der Waals surface area contributed by atoms with Crippen LogP contribution in [0, 0.1) is 12.8 Å². The predicted octanol–water partition coefficient (Wildman–Crippen LogP) is -0.144. The molecule has 0 saturated carbocycles. The third kappa shape index (κ3) is 27.6. The van der Waals surface area contributed by atoms with Crippen molar-refractivity contribution in [3.63, 3.8) is 0 Å². The van der Waals surface area contributed by atoms with Gasteiger partial charge in [-0.2, -0.15) is 0 Å². The molecule has 15 N–H and O–H groups in total. The Hall–Kier alpha value is -5.64. The molecule has 2 aromatic rings. The van der Waals surface area contributed by atoms with E-state index in [1.807, 2.05) is 32.2 Å². The molecule has 21 heteroatoms. The van der Waals surface area contributed by atoms with Crippen LogP contribution in [0.3, 0.4) is 0 Å². The second kappa shape index (κ2) is 28.8. The number of nitrogen functional groups attached to an aromatic ring is 1. The van der Waals surface area contributed by atoms with Gasteiger partial charge in [0.25, 0.3) is 0 Å². The number of hydrogen-bond acceptors (Lipinski definition) is 14. The molecule has 2 aliphatic heterocycles. The maximum absolute atomic E-state index is 11.0. The van der Waals surface area contributed by atoms with E-state index < -0.39 is 54.3 Å². The van der Waals surface area contributed by atoms with Crippen LogP contribution in [0.4, 0.5) is 5.69 Å². The maximum atomic E-state index is 11.0. The molecule has 2 fully saturated rings. The van der Waals surface area contributed by atoms with E-state index in [2.05, 4.69) is 16.4 Å². The summed E-state index contributed by atoms with van der Waals surface area (Å²) in [5, 5.41) is 57.5. The molecule has 3 atom stereocenters. The summed E-state index contributed by atoms with van der Waals surface area (Å²) in [7, 11) is 0. The zero-order valence-corrected chi connectivity index (χ0v) is 31.0. The zero-order valence-electron chi connectivity index (χ0n) is 31.0. The fourth-order valence-electron chi connectivity index (χ4n) is 4.22. The van der Waals surface area contributed by atoms with Crippen LogP contribution in [-0.2, 0) is 33.6 Å². The zero-order chi connectivity index (χ0) is 42.7. The first kappa shape index (κ1) is 51.5. The molecule has 55 heavy (non-hydrogen) atoms. The summed E-state index contributed by atoms with van der Waals surface area (Å²) in [6, 6.07) is 5.54. The van der Waals surface area contributed by atoms with E-state index in [1.54, 1.807) is 12.1 Å². The summed E-state index contributed by atoms with van der Waals surface area (Å²) in [6.45, 7) is 6.73. The normalized spacial score (nSPS) is 15.6. The Balaban J connectivity index is 0. The molecule has 0 bridgehead atoms. The van der Waals surface area contributed by atoms with Gasteiger partial charge in [-0.05, 0) is 75.7 Å². The molecule has 0 spiro atoms. The first-order valence-electron chi connectivity index (χ1n) is 16.9. The van der Waals surface area contributed by atoms with Crippen LogP contribution < -0.4 is 38.8 Å². The molecule has 2 saturated heterocycles. The minimum Gasteiger partial charge on any atom is -0.481 e. The Labute approximate surface area is 316 Å². The average molecular weight is 787 g/mol. The lowest BCUT2D eigenvalue weighted by Crippen LogP contribution is -2.31. The van der Waals surface area contributed by atoms with Crippen LogP contribution in [0.25, 0.3) is 11.0 Å². The molecule has 0 radical (unpaired) electrons. The molecular formula is C34H54N6O15. The standard InChI is InChI=1S/C10H9NO2.C6H9NO5.C6H13NO2.2C5H9NO2.C2H5NO2/c1-6-4-10(12)13-9-5-7(11)2-3-8(6)9;8-4(1-2-5(9)10)7-3-6(11)12;1-4(2)3-5(7)6(8)9;2*7-5(8)4-2-1-3-6-4;3-1-2(4)5/h2-5H,11H2,1H3;1-3H2,(H,7,8)(H,9,10)(H,11,12);4-5H,3,7H2,1-2H3,(H,8,9);2*4,6H,1-3H2,(H,7,8);1,3H2,(H,4,5)/t;;5-;2*4-;/m..000./s1. The number of aryl methyl sites for hydroxylation is 1. The van der Waals surface area contributed by atoms with Gasteiger partial charge in [-0.15, -0.1) is 0 Å². The third-order valence-corrected chi connectivity index (χ3v) is 6.91. The highest BCUT2D eigenvalue weighted by Gasteiger charge is 2.21. The number of anilines is 1. The highest BCUT2D eigenvalue weighted by molar-refractivity contribution is 5.84. The number of nitrogens with two attached hydrogens (primary N) is 3. The van der Waals surface area contributed by atoms with Crippen LogP contribution in [0.2, 0.25) is 0 Å². The predicted molar refractivity (Wildman–Crippen MR) is 198 cm³/mol. The molecule has 1 aromatic heterocycles.